The van der Waals surface area contributed by atoms with Gasteiger partial charge in [0.05, 0.1) is 0 Å². The van der Waals surface area contributed by atoms with Gasteiger partial charge in [0.2, 0.25) is 5.91 Å². The Hall–Kier alpha value is -1.42. The number of aryl methyl sites for hydroxylation is 1. The summed E-state index contributed by atoms with van der Waals surface area (Å²) < 4.78 is 0. The minimum atomic E-state index is 0.0552. The predicted molar refractivity (Wildman–Crippen MR) is 58.6 cm³/mol. The summed E-state index contributed by atoms with van der Waals surface area (Å²) in [5, 5.41) is 5.95. The second kappa shape index (κ2) is 4.40. The maximum absolute atomic E-state index is 11.5. The van der Waals surface area contributed by atoms with Crippen molar-refractivity contribution in [2.45, 2.75) is 13.3 Å². The molecule has 1 aliphatic heterocycles. The molecular formula is C11H15N3O. The molecule has 0 aliphatic carbocycles. The van der Waals surface area contributed by atoms with Gasteiger partial charge in [0.15, 0.2) is 0 Å². The normalized spacial score (nSPS) is 15.8. The Kier molecular flexibility index (Phi) is 2.97. The van der Waals surface area contributed by atoms with Gasteiger partial charge in [0, 0.05) is 12.6 Å². The molecule has 2 N–H and O–H groups in total. The molecule has 1 aromatic rings. The maximum atomic E-state index is 11.5. The summed E-state index contributed by atoms with van der Waals surface area (Å²) in [7, 11) is 0. The highest BCUT2D eigenvalue weighted by Gasteiger charge is 2.20. The van der Waals surface area contributed by atoms with Crippen LogP contribution in [0, 0.1) is 12.8 Å². The Labute approximate surface area is 89.1 Å². The molecule has 0 spiro atoms. The van der Waals surface area contributed by atoms with Gasteiger partial charge in [-0.05, 0) is 43.6 Å². The summed E-state index contributed by atoms with van der Waals surface area (Å²) in [6, 6.07) is 3.78. The lowest BCUT2D eigenvalue weighted by Crippen LogP contribution is -2.43. The Balaban J connectivity index is 1.87. The van der Waals surface area contributed by atoms with Crippen LogP contribution in [0.2, 0.25) is 0 Å². The summed E-state index contributed by atoms with van der Waals surface area (Å²) in [6.07, 6.45) is 2.29. The van der Waals surface area contributed by atoms with Crippen molar-refractivity contribution in [3.05, 3.63) is 23.9 Å². The number of nitrogens with zero attached hydrogens (tertiary/aromatic N) is 1. The van der Waals surface area contributed by atoms with Gasteiger partial charge >= 0.3 is 0 Å². The van der Waals surface area contributed by atoms with Gasteiger partial charge in [-0.3, -0.25) is 4.79 Å². The molecule has 0 radical (unpaired) electrons. The highest BCUT2D eigenvalue weighted by molar-refractivity contribution is 5.90. The Bertz CT molecular complexity index is 361. The van der Waals surface area contributed by atoms with Crippen LogP contribution in [0.4, 0.5) is 5.82 Å². The molecule has 15 heavy (non-hydrogen) atoms. The van der Waals surface area contributed by atoms with Crippen molar-refractivity contribution in [2.24, 2.45) is 5.92 Å². The van der Waals surface area contributed by atoms with E-state index in [-0.39, 0.29) is 5.91 Å². The van der Waals surface area contributed by atoms with Gasteiger partial charge in [-0.15, -0.1) is 0 Å². The molecule has 0 saturated carbocycles. The number of hydrogen-bond acceptors (Lipinski definition) is 3. The number of aromatic nitrogens is 1. The van der Waals surface area contributed by atoms with E-state index in [1.54, 1.807) is 6.20 Å². The molecule has 0 unspecified atom stereocenters. The van der Waals surface area contributed by atoms with Crippen molar-refractivity contribution < 1.29 is 4.79 Å². The second-order valence-corrected chi connectivity index (χ2v) is 4.00. The molecule has 1 amide bonds. The van der Waals surface area contributed by atoms with E-state index in [0.717, 1.165) is 18.7 Å². The molecule has 1 aromatic heterocycles. The first kappa shape index (κ1) is 10.1. The monoisotopic (exact) mass is 205 g/mol. The molecule has 2 heterocycles. The zero-order valence-electron chi connectivity index (χ0n) is 8.79. The van der Waals surface area contributed by atoms with Gasteiger partial charge in [-0.25, -0.2) is 4.98 Å². The summed E-state index contributed by atoms with van der Waals surface area (Å²) in [5.41, 5.74) is 1.10. The Morgan fingerprint density at radius 1 is 1.67 bits per heavy atom. The molecule has 0 aromatic carbocycles. The number of carbonyl (C=O) groups excluding carboxylic acids is 1. The van der Waals surface area contributed by atoms with Gasteiger partial charge < -0.3 is 10.6 Å². The van der Waals surface area contributed by atoms with Crippen LogP contribution >= 0.6 is 0 Å². The lowest BCUT2D eigenvalue weighted by Gasteiger charge is -2.26. The van der Waals surface area contributed by atoms with Crippen LogP contribution in [-0.4, -0.2) is 24.0 Å². The third kappa shape index (κ3) is 2.76. The Morgan fingerprint density at radius 3 is 3.07 bits per heavy atom. The molecule has 4 nitrogen and oxygen atoms in total. The average molecular weight is 205 g/mol. The topological polar surface area (TPSA) is 54.0 Å². The third-order valence-corrected chi connectivity index (χ3v) is 2.52. The van der Waals surface area contributed by atoms with E-state index in [1.165, 1.54) is 0 Å². The minimum Gasteiger partial charge on any atom is -0.316 e. The number of amides is 1. The summed E-state index contributed by atoms with van der Waals surface area (Å²) in [4.78, 5) is 15.6. The van der Waals surface area contributed by atoms with Gasteiger partial charge in [0.1, 0.15) is 5.82 Å². The highest BCUT2D eigenvalue weighted by Crippen LogP contribution is 2.11. The van der Waals surface area contributed by atoms with Crippen molar-refractivity contribution >= 4 is 11.7 Å². The first-order valence-corrected chi connectivity index (χ1v) is 5.17. The molecular weight excluding hydrogens is 190 g/mol. The van der Waals surface area contributed by atoms with Crippen LogP contribution in [0.15, 0.2) is 18.3 Å². The van der Waals surface area contributed by atoms with Crippen molar-refractivity contribution in [1.82, 2.24) is 10.3 Å². The SMILES string of the molecule is Cc1ccnc(NC(=O)CC2CNC2)c1. The van der Waals surface area contributed by atoms with Crippen molar-refractivity contribution in [2.75, 3.05) is 18.4 Å². The number of nitrogens with one attached hydrogen (secondary N) is 2. The molecule has 80 valence electrons. The van der Waals surface area contributed by atoms with Crippen molar-refractivity contribution in [1.29, 1.82) is 0 Å². The standard InChI is InChI=1S/C11H15N3O/c1-8-2-3-13-10(4-8)14-11(15)5-9-6-12-7-9/h2-4,9,12H,5-7H2,1H3,(H,13,14,15). The molecule has 1 saturated heterocycles. The summed E-state index contributed by atoms with van der Waals surface area (Å²) in [5.74, 6) is 1.20. The number of carbonyl (C=O) groups is 1. The van der Waals surface area contributed by atoms with Gasteiger partial charge in [-0.2, -0.15) is 0 Å². The lowest BCUT2D eigenvalue weighted by atomic mass is 9.99. The van der Waals surface area contributed by atoms with Crippen LogP contribution in [0.1, 0.15) is 12.0 Å². The molecule has 1 aliphatic rings. The first-order valence-electron chi connectivity index (χ1n) is 5.17. The summed E-state index contributed by atoms with van der Waals surface area (Å²) >= 11 is 0. The maximum Gasteiger partial charge on any atom is 0.225 e. The predicted octanol–water partition coefficient (Wildman–Crippen LogP) is 0.938. The van der Waals surface area contributed by atoms with E-state index in [1.807, 2.05) is 19.1 Å². The number of rotatable bonds is 3. The van der Waals surface area contributed by atoms with Gasteiger partial charge in [0.25, 0.3) is 0 Å². The van der Waals surface area contributed by atoms with E-state index in [2.05, 4.69) is 15.6 Å². The molecule has 0 atom stereocenters. The van der Waals surface area contributed by atoms with Gasteiger partial charge in [-0.1, -0.05) is 0 Å². The lowest BCUT2D eigenvalue weighted by molar-refractivity contribution is -0.117. The minimum absolute atomic E-state index is 0.0552. The van der Waals surface area contributed by atoms with Crippen LogP contribution < -0.4 is 10.6 Å². The molecule has 2 rings (SSSR count). The average Bonchev–Trinajstić information content (AvgIpc) is 2.11. The van der Waals surface area contributed by atoms with Crippen LogP contribution in [-0.2, 0) is 4.79 Å². The van der Waals surface area contributed by atoms with E-state index in [0.29, 0.717) is 18.2 Å². The third-order valence-electron chi connectivity index (χ3n) is 2.52. The zero-order chi connectivity index (χ0) is 10.7. The van der Waals surface area contributed by atoms with Crippen molar-refractivity contribution in [3.63, 3.8) is 0 Å². The smallest absolute Gasteiger partial charge is 0.225 e. The number of hydrogen-bond donors (Lipinski definition) is 2. The number of pyridine rings is 1. The van der Waals surface area contributed by atoms with E-state index >= 15 is 0 Å². The number of anilines is 1. The fourth-order valence-corrected chi connectivity index (χ4v) is 1.55. The van der Waals surface area contributed by atoms with Crippen LogP contribution in [0.3, 0.4) is 0 Å². The van der Waals surface area contributed by atoms with E-state index < -0.39 is 0 Å². The van der Waals surface area contributed by atoms with Crippen molar-refractivity contribution in [3.8, 4) is 0 Å². The first-order chi connectivity index (χ1) is 7.24. The van der Waals surface area contributed by atoms with Crippen LogP contribution in [0.5, 0.6) is 0 Å². The summed E-state index contributed by atoms with van der Waals surface area (Å²) in [6.45, 7) is 3.89. The molecule has 1 fully saturated rings. The Morgan fingerprint density at radius 2 is 2.47 bits per heavy atom. The largest absolute Gasteiger partial charge is 0.316 e. The fraction of sp³-hybridized carbons (Fsp3) is 0.455. The fourth-order valence-electron chi connectivity index (χ4n) is 1.55. The van der Waals surface area contributed by atoms with E-state index in [4.69, 9.17) is 0 Å². The molecule has 4 heteroatoms. The van der Waals surface area contributed by atoms with Crippen LogP contribution in [0.25, 0.3) is 0 Å². The second-order valence-electron chi connectivity index (χ2n) is 4.00. The van der Waals surface area contributed by atoms with E-state index in [9.17, 15) is 4.79 Å². The quantitative estimate of drug-likeness (QED) is 0.772. The molecule has 0 bridgehead atoms. The zero-order valence-corrected chi connectivity index (χ0v) is 8.79. The highest BCUT2D eigenvalue weighted by atomic mass is 16.1.